The van der Waals surface area contributed by atoms with Crippen LogP contribution in [-0.2, 0) is 6.18 Å². The molecule has 13 heavy (non-hydrogen) atoms. The summed E-state index contributed by atoms with van der Waals surface area (Å²) in [4.78, 5) is -0.283. The van der Waals surface area contributed by atoms with Crippen LogP contribution in [0.2, 0.25) is 5.02 Å². The summed E-state index contributed by atoms with van der Waals surface area (Å²) in [5.41, 5.74) is -1.15. The molecule has 0 aliphatic heterocycles. The number of aromatic nitrogens is 1. The highest BCUT2D eigenvalue weighted by atomic mass is 35.5. The topological polar surface area (TPSA) is 3.88 Å². The predicted molar refractivity (Wildman–Crippen MR) is 40.4 cm³/mol. The maximum absolute atomic E-state index is 12.6. The van der Waals surface area contributed by atoms with Crippen molar-refractivity contribution in [2.24, 2.45) is 0 Å². The molecular weight excluding hydrogens is 230 g/mol. The molecule has 0 fully saturated rings. The van der Waals surface area contributed by atoms with Gasteiger partial charge in [0.25, 0.3) is 0 Å². The van der Waals surface area contributed by atoms with Gasteiger partial charge in [0.15, 0.2) is 0 Å². The lowest BCUT2D eigenvalue weighted by atomic mass is 10.3. The summed E-state index contributed by atoms with van der Waals surface area (Å²) in [5, 5.41) is -0.754. The van der Waals surface area contributed by atoms with Crippen LogP contribution in [0.5, 0.6) is 0 Å². The zero-order chi connectivity index (χ0) is 10.2. The summed E-state index contributed by atoms with van der Waals surface area (Å²) in [7, 11) is 0. The smallest absolute Gasteiger partial charge is 0.166 e. The van der Waals surface area contributed by atoms with Crippen molar-refractivity contribution in [2.45, 2.75) is 11.2 Å². The molecule has 1 heterocycles. The number of pyridine rings is 1. The molecule has 1 rings (SSSR count). The fraction of sp³-hybridized carbons (Fsp3) is 0.167. The SMILES string of the molecule is F[n+]1cc(C(F)(F)F)cc(Cl)c1S. The van der Waals surface area contributed by atoms with E-state index in [-0.39, 0.29) is 21.0 Å². The van der Waals surface area contributed by atoms with Gasteiger partial charge in [0.05, 0.1) is 4.48 Å². The molecular formula is C6H3ClF4NS+. The Morgan fingerprint density at radius 2 is 1.92 bits per heavy atom. The van der Waals surface area contributed by atoms with Gasteiger partial charge in [-0.3, -0.25) is 0 Å². The maximum atomic E-state index is 12.6. The molecule has 72 valence electrons. The summed E-state index contributed by atoms with van der Waals surface area (Å²) in [6, 6.07) is 0.611. The summed E-state index contributed by atoms with van der Waals surface area (Å²) in [5.74, 6) is 0. The lowest BCUT2D eigenvalue weighted by molar-refractivity contribution is -0.874. The van der Waals surface area contributed by atoms with Gasteiger partial charge in [0.2, 0.25) is 6.20 Å². The molecule has 0 saturated carbocycles. The van der Waals surface area contributed by atoms with Crippen LogP contribution in [0.25, 0.3) is 0 Å². The average molecular weight is 233 g/mol. The van der Waals surface area contributed by atoms with E-state index in [2.05, 4.69) is 12.6 Å². The Balaban J connectivity index is 3.29. The van der Waals surface area contributed by atoms with E-state index in [1.54, 1.807) is 0 Å². The molecule has 1 nitrogen and oxygen atoms in total. The van der Waals surface area contributed by atoms with Crippen molar-refractivity contribution in [3.63, 3.8) is 0 Å². The van der Waals surface area contributed by atoms with E-state index in [4.69, 9.17) is 11.6 Å². The van der Waals surface area contributed by atoms with Crippen LogP contribution >= 0.6 is 24.2 Å². The van der Waals surface area contributed by atoms with Gasteiger partial charge in [-0.2, -0.15) is 13.2 Å². The van der Waals surface area contributed by atoms with Crippen LogP contribution in [0.4, 0.5) is 17.7 Å². The maximum Gasteiger partial charge on any atom is 0.422 e. The number of rotatable bonds is 0. The van der Waals surface area contributed by atoms with Gasteiger partial charge in [0.1, 0.15) is 10.6 Å². The Kier molecular flexibility index (Phi) is 2.72. The number of hydrogen-bond acceptors (Lipinski definition) is 1. The minimum Gasteiger partial charge on any atom is -0.166 e. The molecule has 0 unspecified atom stereocenters. The van der Waals surface area contributed by atoms with E-state index >= 15 is 0 Å². The Morgan fingerprint density at radius 3 is 2.31 bits per heavy atom. The molecule has 0 spiro atoms. The molecule has 0 aromatic carbocycles. The van der Waals surface area contributed by atoms with E-state index in [0.717, 1.165) is 0 Å². The molecule has 0 N–H and O–H groups in total. The normalized spacial score (nSPS) is 11.8. The van der Waals surface area contributed by atoms with E-state index in [9.17, 15) is 17.7 Å². The molecule has 1 aromatic heterocycles. The molecule has 0 radical (unpaired) electrons. The second-order valence-electron chi connectivity index (χ2n) is 2.21. The Labute approximate surface area is 81.3 Å². The summed E-state index contributed by atoms with van der Waals surface area (Å²) in [6.07, 6.45) is -4.34. The lowest BCUT2D eigenvalue weighted by Gasteiger charge is -2.03. The molecule has 0 amide bonds. The van der Waals surface area contributed by atoms with Gasteiger partial charge in [0, 0.05) is 4.79 Å². The number of thiol groups is 1. The number of hydrogen-bond donors (Lipinski definition) is 1. The first-order valence-electron chi connectivity index (χ1n) is 3.00. The highest BCUT2D eigenvalue weighted by molar-refractivity contribution is 7.80. The van der Waals surface area contributed by atoms with Gasteiger partial charge >= 0.3 is 11.2 Å². The second kappa shape index (κ2) is 3.34. The predicted octanol–water partition coefficient (Wildman–Crippen LogP) is 2.67. The fourth-order valence-corrected chi connectivity index (χ4v) is 0.999. The number of halogens is 5. The van der Waals surface area contributed by atoms with Crippen LogP contribution in [0.1, 0.15) is 5.56 Å². The van der Waals surface area contributed by atoms with E-state index in [0.29, 0.717) is 6.07 Å². The van der Waals surface area contributed by atoms with Gasteiger partial charge in [-0.1, -0.05) is 24.2 Å². The minimum atomic E-state index is -4.61. The van der Waals surface area contributed by atoms with Crippen molar-refractivity contribution in [1.29, 1.82) is 0 Å². The third kappa shape index (κ3) is 2.25. The first-order chi connectivity index (χ1) is 5.82. The van der Waals surface area contributed by atoms with Crippen LogP contribution in [0.15, 0.2) is 17.3 Å². The number of alkyl halides is 3. The van der Waals surface area contributed by atoms with Crippen molar-refractivity contribution in [3.05, 3.63) is 22.8 Å². The van der Waals surface area contributed by atoms with Gasteiger partial charge in [-0.15, -0.1) is 0 Å². The van der Waals surface area contributed by atoms with Crippen molar-refractivity contribution in [1.82, 2.24) is 0 Å². The molecule has 0 aliphatic rings. The monoisotopic (exact) mass is 232 g/mol. The molecule has 1 aromatic rings. The number of nitrogens with zero attached hydrogens (tertiary/aromatic N) is 1. The van der Waals surface area contributed by atoms with E-state index in [1.165, 1.54) is 0 Å². The van der Waals surface area contributed by atoms with Gasteiger partial charge in [-0.25, -0.2) is 0 Å². The first kappa shape index (κ1) is 10.6. The van der Waals surface area contributed by atoms with E-state index in [1.807, 2.05) is 0 Å². The zero-order valence-electron chi connectivity index (χ0n) is 5.94. The summed E-state index contributed by atoms with van der Waals surface area (Å²) < 4.78 is 48.7. The first-order valence-corrected chi connectivity index (χ1v) is 3.82. The second-order valence-corrected chi connectivity index (χ2v) is 3.04. The quantitative estimate of drug-likeness (QED) is 0.518. The van der Waals surface area contributed by atoms with Crippen molar-refractivity contribution < 1.29 is 22.4 Å². The van der Waals surface area contributed by atoms with Crippen molar-refractivity contribution >= 4 is 24.2 Å². The highest BCUT2D eigenvalue weighted by Crippen LogP contribution is 2.31. The third-order valence-corrected chi connectivity index (χ3v) is 2.13. The minimum absolute atomic E-state index is 0.272. The molecule has 0 atom stereocenters. The Hall–Kier alpha value is -0.490. The summed E-state index contributed by atoms with van der Waals surface area (Å²) >= 11 is 8.83. The zero-order valence-corrected chi connectivity index (χ0v) is 7.59. The van der Waals surface area contributed by atoms with Gasteiger partial charge in [-0.05, 0) is 6.07 Å². The van der Waals surface area contributed by atoms with Crippen molar-refractivity contribution in [3.8, 4) is 0 Å². The van der Waals surface area contributed by atoms with Crippen molar-refractivity contribution in [2.75, 3.05) is 0 Å². The van der Waals surface area contributed by atoms with Crippen LogP contribution in [0.3, 0.4) is 0 Å². The Bertz CT molecular complexity index is 315. The Morgan fingerprint density at radius 1 is 1.38 bits per heavy atom. The van der Waals surface area contributed by atoms with Crippen LogP contribution in [0, 0.1) is 0 Å². The van der Waals surface area contributed by atoms with Crippen LogP contribution in [-0.4, -0.2) is 0 Å². The van der Waals surface area contributed by atoms with E-state index < -0.39 is 11.7 Å². The fourth-order valence-electron chi connectivity index (χ4n) is 0.679. The highest BCUT2D eigenvalue weighted by Gasteiger charge is 2.35. The third-order valence-electron chi connectivity index (χ3n) is 1.28. The molecule has 0 saturated heterocycles. The van der Waals surface area contributed by atoms with Gasteiger partial charge < -0.3 is 0 Å². The largest absolute Gasteiger partial charge is 0.422 e. The average Bonchev–Trinajstić information content (AvgIpc) is 1.97. The lowest BCUT2D eigenvalue weighted by Crippen LogP contribution is -2.27. The molecule has 0 aliphatic carbocycles. The summed E-state index contributed by atoms with van der Waals surface area (Å²) in [6.45, 7) is 0. The standard InChI is InChI=1S/C6H2ClF4NS/c7-4-1-3(6(8,9)10)2-12(11)5(4)13/h1-2H/p+1. The molecule has 0 bridgehead atoms. The molecule has 7 heteroatoms. The van der Waals surface area contributed by atoms with Crippen LogP contribution < -0.4 is 4.79 Å².